The van der Waals surface area contributed by atoms with E-state index < -0.39 is 23.3 Å². The molecule has 160 valence electrons. The van der Waals surface area contributed by atoms with E-state index in [4.69, 9.17) is 4.74 Å². The number of carbonyl (C=O) groups is 1. The van der Waals surface area contributed by atoms with Gasteiger partial charge in [0.15, 0.2) is 11.5 Å². The Bertz CT molecular complexity index is 1320. The van der Waals surface area contributed by atoms with E-state index in [0.717, 1.165) is 16.4 Å². The molecule has 13 heteroatoms. The van der Waals surface area contributed by atoms with Crippen molar-refractivity contribution in [3.63, 3.8) is 0 Å². The molecule has 0 aliphatic rings. The fourth-order valence-corrected chi connectivity index (χ4v) is 3.82. The Morgan fingerprint density at radius 3 is 2.61 bits per heavy atom. The first kappa shape index (κ1) is 20.5. The quantitative estimate of drug-likeness (QED) is 0.483. The summed E-state index contributed by atoms with van der Waals surface area (Å²) in [6, 6.07) is 10.0. The van der Waals surface area contributed by atoms with Crippen LogP contribution in [0.4, 0.5) is 13.2 Å². The zero-order valence-electron chi connectivity index (χ0n) is 16.1. The Labute approximate surface area is 176 Å². The lowest BCUT2D eigenvalue weighted by atomic mass is 10.2. The molecule has 0 spiro atoms. The minimum atomic E-state index is -4.88. The van der Waals surface area contributed by atoms with Gasteiger partial charge in [0, 0.05) is 13.1 Å². The van der Waals surface area contributed by atoms with Gasteiger partial charge in [-0.3, -0.25) is 4.79 Å². The van der Waals surface area contributed by atoms with Crippen molar-refractivity contribution in [1.29, 1.82) is 0 Å². The number of fused-ring (bicyclic) bond motifs is 1. The first-order valence-electron chi connectivity index (χ1n) is 8.71. The molecule has 1 N–H and O–H groups in total. The van der Waals surface area contributed by atoms with Gasteiger partial charge >= 0.3 is 6.18 Å². The van der Waals surface area contributed by atoms with E-state index in [9.17, 15) is 18.0 Å². The molecule has 0 bridgehead atoms. The van der Waals surface area contributed by atoms with Gasteiger partial charge in [-0.25, -0.2) is 10.1 Å². The average Bonchev–Trinajstić information content (AvgIpc) is 3.34. The summed E-state index contributed by atoms with van der Waals surface area (Å²) in [6.07, 6.45) is -4.07. The second kappa shape index (κ2) is 7.83. The highest BCUT2D eigenvalue weighted by Gasteiger charge is 2.41. The molecule has 0 saturated heterocycles. The Kier molecular flexibility index (Phi) is 5.19. The zero-order valence-corrected chi connectivity index (χ0v) is 16.9. The highest BCUT2D eigenvalue weighted by Crippen LogP contribution is 2.33. The molecule has 1 amide bonds. The monoisotopic (exact) mass is 449 g/mol. The third-order valence-corrected chi connectivity index (χ3v) is 5.42. The van der Waals surface area contributed by atoms with Gasteiger partial charge in [-0.2, -0.15) is 18.3 Å². The summed E-state index contributed by atoms with van der Waals surface area (Å²) in [7, 11) is 3.09. The van der Waals surface area contributed by atoms with Crippen LogP contribution in [-0.2, 0) is 13.2 Å². The van der Waals surface area contributed by atoms with Crippen molar-refractivity contribution in [3.05, 3.63) is 58.7 Å². The molecule has 0 radical (unpaired) electrons. The molecule has 9 nitrogen and oxygen atoms in total. The van der Waals surface area contributed by atoms with Crippen LogP contribution in [0.5, 0.6) is 5.88 Å². The minimum absolute atomic E-state index is 0.123. The predicted octanol–water partition coefficient (Wildman–Crippen LogP) is 2.49. The summed E-state index contributed by atoms with van der Waals surface area (Å²) in [5.74, 6) is -1.16. The van der Waals surface area contributed by atoms with Gasteiger partial charge in [0.05, 0.1) is 29.1 Å². The number of rotatable bonds is 4. The van der Waals surface area contributed by atoms with Gasteiger partial charge in [0.1, 0.15) is 0 Å². The van der Waals surface area contributed by atoms with E-state index in [1.165, 1.54) is 30.6 Å². The van der Waals surface area contributed by atoms with E-state index in [1.54, 1.807) is 11.6 Å². The first-order valence-corrected chi connectivity index (χ1v) is 9.53. The third kappa shape index (κ3) is 3.86. The van der Waals surface area contributed by atoms with Gasteiger partial charge < -0.3 is 9.30 Å². The number of hydrogen-bond acceptors (Lipinski definition) is 7. The van der Waals surface area contributed by atoms with E-state index in [1.807, 2.05) is 24.3 Å². The van der Waals surface area contributed by atoms with E-state index in [-0.39, 0.29) is 11.7 Å². The average molecular weight is 449 g/mol. The molecule has 0 unspecified atom stereocenters. The van der Waals surface area contributed by atoms with Gasteiger partial charge in [-0.05, 0) is 18.2 Å². The van der Waals surface area contributed by atoms with E-state index in [2.05, 4.69) is 25.8 Å². The molecule has 0 aliphatic carbocycles. The zero-order chi connectivity index (χ0) is 22.2. The maximum atomic E-state index is 13.8. The maximum Gasteiger partial charge on any atom is 0.434 e. The van der Waals surface area contributed by atoms with Crippen LogP contribution < -0.4 is 15.0 Å². The lowest BCUT2D eigenvalue weighted by Crippen LogP contribution is -2.26. The topological polar surface area (TPSA) is 99.2 Å². The molecule has 1 aromatic carbocycles. The summed E-state index contributed by atoms with van der Waals surface area (Å²) >= 11 is 1.28. The van der Waals surface area contributed by atoms with Crippen LogP contribution in [0.1, 0.15) is 16.1 Å². The van der Waals surface area contributed by atoms with Crippen molar-refractivity contribution in [3.8, 4) is 11.7 Å². The molecule has 4 rings (SSSR count). The number of nitrogens with one attached hydrogen (secondary N) is 1. The van der Waals surface area contributed by atoms with Crippen molar-refractivity contribution in [1.82, 2.24) is 30.0 Å². The van der Waals surface area contributed by atoms with Crippen molar-refractivity contribution < 1.29 is 22.7 Å². The Hall–Kier alpha value is -3.74. The van der Waals surface area contributed by atoms with Crippen molar-refractivity contribution in [2.75, 3.05) is 7.11 Å². The number of aromatic nitrogens is 5. The normalized spacial score (nSPS) is 12.4. The number of carbonyl (C=O) groups excluding carboxylic acids is 1. The summed E-state index contributed by atoms with van der Waals surface area (Å²) in [5.41, 5.74) is 1.07. The van der Waals surface area contributed by atoms with Crippen LogP contribution in [0, 0.1) is 0 Å². The molecular weight excluding hydrogens is 435 g/mol. The number of thiazole rings is 1. The number of amides is 1. The molecular formula is C18H14F3N7O2S. The Morgan fingerprint density at radius 2 is 1.97 bits per heavy atom. The molecule has 3 heterocycles. The number of aryl methyl sites for hydroxylation is 1. The second-order valence-electron chi connectivity index (χ2n) is 6.21. The number of methoxy groups -OCH3 is 1. The number of nitrogens with zero attached hydrogens (tertiary/aromatic N) is 6. The SMILES string of the molecule is COc1ccc(-n2ncc(C(=O)N/N=c3\sc4ccccc4n3C)c2C(F)(F)F)nn1. The summed E-state index contributed by atoms with van der Waals surface area (Å²) in [5, 5.41) is 15.0. The van der Waals surface area contributed by atoms with Gasteiger partial charge in [-0.15, -0.1) is 15.3 Å². The molecule has 0 saturated carbocycles. The molecule has 0 atom stereocenters. The Balaban J connectivity index is 1.70. The predicted molar refractivity (Wildman–Crippen MR) is 105 cm³/mol. The standard InChI is InChI=1S/C18H14F3N7O2S/c1-27-11-5-3-4-6-12(11)31-17(27)26-25-16(29)10-9-22-28(15(10)18(19,20)21)13-7-8-14(30-2)24-23-13/h3-9H,1-2H3,(H,25,29)/b26-17-. The van der Waals surface area contributed by atoms with Crippen LogP contribution in [0.2, 0.25) is 0 Å². The summed E-state index contributed by atoms with van der Waals surface area (Å²) < 4.78 is 49.3. The van der Waals surface area contributed by atoms with Crippen LogP contribution in [-0.4, -0.2) is 37.6 Å². The molecule has 0 aliphatic heterocycles. The lowest BCUT2D eigenvalue weighted by molar-refractivity contribution is -0.143. The lowest BCUT2D eigenvalue weighted by Gasteiger charge is -2.11. The van der Waals surface area contributed by atoms with Crippen molar-refractivity contribution in [2.45, 2.75) is 6.18 Å². The largest absolute Gasteiger partial charge is 0.480 e. The maximum absolute atomic E-state index is 13.8. The minimum Gasteiger partial charge on any atom is -0.480 e. The molecule has 3 aromatic heterocycles. The fraction of sp³-hybridized carbons (Fsp3) is 0.167. The van der Waals surface area contributed by atoms with E-state index in [0.29, 0.717) is 9.48 Å². The number of hydrogen-bond donors (Lipinski definition) is 1. The van der Waals surface area contributed by atoms with Crippen LogP contribution in [0.25, 0.3) is 16.0 Å². The third-order valence-electron chi connectivity index (χ3n) is 4.30. The van der Waals surface area contributed by atoms with E-state index >= 15 is 0 Å². The highest BCUT2D eigenvalue weighted by atomic mass is 32.1. The molecule has 4 aromatic rings. The summed E-state index contributed by atoms with van der Waals surface area (Å²) in [4.78, 5) is 13.0. The van der Waals surface area contributed by atoms with Gasteiger partial charge in [0.2, 0.25) is 10.7 Å². The smallest absolute Gasteiger partial charge is 0.434 e. The van der Waals surface area contributed by atoms with Crippen molar-refractivity contribution >= 4 is 27.5 Å². The highest BCUT2D eigenvalue weighted by molar-refractivity contribution is 7.16. The van der Waals surface area contributed by atoms with Crippen molar-refractivity contribution in [2.24, 2.45) is 12.1 Å². The fourth-order valence-electron chi connectivity index (χ4n) is 2.84. The van der Waals surface area contributed by atoms with Gasteiger partial charge in [0.25, 0.3) is 5.91 Å². The molecule has 0 fully saturated rings. The van der Waals surface area contributed by atoms with Gasteiger partial charge in [-0.1, -0.05) is 23.5 Å². The number of ether oxygens (including phenoxy) is 1. The van der Waals surface area contributed by atoms with Crippen LogP contribution in [0.15, 0.2) is 47.7 Å². The Morgan fingerprint density at radius 1 is 1.19 bits per heavy atom. The number of halogens is 3. The second-order valence-corrected chi connectivity index (χ2v) is 7.22. The number of alkyl halides is 3. The van der Waals surface area contributed by atoms with Crippen LogP contribution in [0.3, 0.4) is 0 Å². The number of benzene rings is 1. The first-order chi connectivity index (χ1) is 14.8. The molecule has 31 heavy (non-hydrogen) atoms. The number of para-hydroxylation sites is 1. The summed E-state index contributed by atoms with van der Waals surface area (Å²) in [6.45, 7) is 0. The van der Waals surface area contributed by atoms with Crippen LogP contribution >= 0.6 is 11.3 Å².